The van der Waals surface area contributed by atoms with E-state index in [2.05, 4.69) is 17.1 Å². The molecule has 4 rings (SSSR count). The Balaban J connectivity index is 1.46. The lowest BCUT2D eigenvalue weighted by molar-refractivity contribution is 0.206. The van der Waals surface area contributed by atoms with Crippen LogP contribution in [-0.2, 0) is 6.42 Å². The second-order valence-corrected chi connectivity index (χ2v) is 8.44. The predicted molar refractivity (Wildman–Crippen MR) is 120 cm³/mol. The minimum Gasteiger partial charge on any atom is -0.476 e. The van der Waals surface area contributed by atoms with E-state index in [0.717, 1.165) is 61.1 Å². The molecule has 4 nitrogen and oxygen atoms in total. The van der Waals surface area contributed by atoms with Crippen molar-refractivity contribution in [2.75, 3.05) is 20.2 Å². The van der Waals surface area contributed by atoms with Gasteiger partial charge < -0.3 is 9.26 Å². The summed E-state index contributed by atoms with van der Waals surface area (Å²) < 4.78 is 38.2. The number of hydrogen-bond acceptors (Lipinski definition) is 4. The summed E-state index contributed by atoms with van der Waals surface area (Å²) >= 11 is 0. The first kappa shape index (κ1) is 22.5. The van der Waals surface area contributed by atoms with Crippen LogP contribution in [0.1, 0.15) is 67.0 Å². The third kappa shape index (κ3) is 5.01. The van der Waals surface area contributed by atoms with Gasteiger partial charge >= 0.3 is 0 Å². The van der Waals surface area contributed by atoms with E-state index in [0.29, 0.717) is 12.5 Å². The van der Waals surface area contributed by atoms with Crippen molar-refractivity contribution in [3.05, 3.63) is 82.6 Å². The van der Waals surface area contributed by atoms with E-state index >= 15 is 0 Å². The van der Waals surface area contributed by atoms with Crippen LogP contribution in [0.15, 0.2) is 53.1 Å². The molecule has 0 spiro atoms. The minimum absolute atomic E-state index is 0.0843. The summed E-state index contributed by atoms with van der Waals surface area (Å²) in [6, 6.07) is 13.5. The van der Waals surface area contributed by atoms with Crippen molar-refractivity contribution in [1.29, 1.82) is 0 Å². The van der Waals surface area contributed by atoms with E-state index in [4.69, 9.17) is 9.26 Å². The highest BCUT2D eigenvalue weighted by molar-refractivity contribution is 5.34. The number of ether oxygens (including phenoxy) is 1. The first-order chi connectivity index (χ1) is 15.6. The van der Waals surface area contributed by atoms with Gasteiger partial charge in [0.1, 0.15) is 17.4 Å². The van der Waals surface area contributed by atoms with E-state index < -0.39 is 0 Å². The van der Waals surface area contributed by atoms with Crippen LogP contribution < -0.4 is 4.74 Å². The molecule has 0 saturated carbocycles. The Hall–Kier alpha value is -2.73. The van der Waals surface area contributed by atoms with E-state index in [9.17, 15) is 8.78 Å². The Morgan fingerprint density at radius 1 is 1.06 bits per heavy atom. The number of halogens is 2. The minimum atomic E-state index is -0.252. The summed E-state index contributed by atoms with van der Waals surface area (Å²) in [5.74, 6) is 1.14. The first-order valence-corrected chi connectivity index (χ1v) is 11.4. The van der Waals surface area contributed by atoms with E-state index in [1.165, 1.54) is 24.3 Å². The molecule has 0 radical (unpaired) electrons. The normalized spacial score (nSPS) is 15.9. The van der Waals surface area contributed by atoms with Crippen molar-refractivity contribution in [2.24, 2.45) is 0 Å². The topological polar surface area (TPSA) is 38.5 Å². The van der Waals surface area contributed by atoms with Crippen LogP contribution in [0.2, 0.25) is 0 Å². The van der Waals surface area contributed by atoms with Crippen LogP contribution in [0, 0.1) is 11.6 Å². The number of hydrogen-bond donors (Lipinski definition) is 0. The maximum Gasteiger partial charge on any atom is 0.259 e. The average Bonchev–Trinajstić information content (AvgIpc) is 3.21. The van der Waals surface area contributed by atoms with Gasteiger partial charge in [-0.2, -0.15) is 0 Å². The lowest BCUT2D eigenvalue weighted by Gasteiger charge is -2.31. The molecule has 1 aliphatic carbocycles. The molecule has 1 heterocycles. The van der Waals surface area contributed by atoms with Gasteiger partial charge in [0.15, 0.2) is 0 Å². The molecule has 0 N–H and O–H groups in total. The van der Waals surface area contributed by atoms with Gasteiger partial charge in [0.2, 0.25) is 0 Å². The average molecular weight is 441 g/mol. The third-order valence-corrected chi connectivity index (χ3v) is 6.35. The van der Waals surface area contributed by atoms with Crippen LogP contribution in [0.3, 0.4) is 0 Å². The van der Waals surface area contributed by atoms with Crippen molar-refractivity contribution in [2.45, 2.75) is 51.0 Å². The highest BCUT2D eigenvalue weighted by Crippen LogP contribution is 2.40. The molecule has 0 fully saturated rings. The van der Waals surface area contributed by atoms with Crippen LogP contribution >= 0.6 is 0 Å². The zero-order valence-corrected chi connectivity index (χ0v) is 18.7. The molecule has 0 unspecified atom stereocenters. The molecule has 6 heteroatoms. The molecule has 0 bridgehead atoms. The van der Waals surface area contributed by atoms with E-state index in [-0.39, 0.29) is 23.6 Å². The molecule has 0 aliphatic heterocycles. The Kier molecular flexibility index (Phi) is 7.20. The van der Waals surface area contributed by atoms with Gasteiger partial charge in [-0.3, -0.25) is 4.90 Å². The van der Waals surface area contributed by atoms with Gasteiger partial charge in [0, 0.05) is 18.4 Å². The second-order valence-electron chi connectivity index (χ2n) is 8.44. The predicted octanol–water partition coefficient (Wildman–Crippen LogP) is 6.27. The van der Waals surface area contributed by atoms with Gasteiger partial charge in [0.05, 0.1) is 12.2 Å². The second kappa shape index (κ2) is 10.3. The summed E-state index contributed by atoms with van der Waals surface area (Å²) in [6.45, 7) is 3.40. The molecule has 170 valence electrons. The lowest BCUT2D eigenvalue weighted by Crippen LogP contribution is -2.28. The smallest absolute Gasteiger partial charge is 0.259 e. The fourth-order valence-electron chi connectivity index (χ4n) is 4.72. The summed E-state index contributed by atoms with van der Waals surface area (Å²) in [5.41, 5.74) is 3.17. The largest absolute Gasteiger partial charge is 0.476 e. The molecule has 1 aliphatic rings. The molecular weight excluding hydrogens is 410 g/mol. The monoisotopic (exact) mass is 440 g/mol. The van der Waals surface area contributed by atoms with Crippen molar-refractivity contribution in [3.63, 3.8) is 0 Å². The number of aromatic nitrogens is 1. The van der Waals surface area contributed by atoms with Crippen molar-refractivity contribution < 1.29 is 18.0 Å². The third-order valence-electron chi connectivity index (χ3n) is 6.35. The standard InChI is InChI=1S/C26H30F2N2O2/c1-3-31-26-25-23(7-4-8-24(25)32-29-26)30(2)17-5-6-22(18-9-13-20(27)14-10-18)19-11-15-21(28)16-12-19/h9-16,22-23H,3-8,17H2,1-2H3/t23-/m1/s1. The van der Waals surface area contributed by atoms with Crippen LogP contribution in [-0.4, -0.2) is 30.3 Å². The lowest BCUT2D eigenvalue weighted by atomic mass is 9.87. The van der Waals surface area contributed by atoms with Crippen molar-refractivity contribution >= 4 is 0 Å². The Morgan fingerprint density at radius 2 is 1.69 bits per heavy atom. The van der Waals surface area contributed by atoms with Crippen molar-refractivity contribution in [3.8, 4) is 5.88 Å². The maximum atomic E-state index is 13.5. The van der Waals surface area contributed by atoms with Crippen LogP contribution in [0.4, 0.5) is 8.78 Å². The summed E-state index contributed by atoms with van der Waals surface area (Å²) in [4.78, 5) is 2.35. The molecule has 0 saturated heterocycles. The van der Waals surface area contributed by atoms with Gasteiger partial charge in [-0.05, 0) is 86.7 Å². The quantitative estimate of drug-likeness (QED) is 0.393. The fraction of sp³-hybridized carbons (Fsp3) is 0.423. The molecule has 3 aromatic rings. The Morgan fingerprint density at radius 3 is 2.28 bits per heavy atom. The molecule has 0 amide bonds. The molecule has 2 aromatic carbocycles. The summed E-state index contributed by atoms with van der Waals surface area (Å²) in [6.07, 6.45) is 4.83. The van der Waals surface area contributed by atoms with Gasteiger partial charge in [-0.15, -0.1) is 0 Å². The number of benzene rings is 2. The van der Waals surface area contributed by atoms with Crippen LogP contribution in [0.25, 0.3) is 0 Å². The van der Waals surface area contributed by atoms with Gasteiger partial charge in [-0.1, -0.05) is 24.3 Å². The Labute approximate surface area is 188 Å². The maximum absolute atomic E-state index is 13.5. The summed E-state index contributed by atoms with van der Waals surface area (Å²) in [5, 5.41) is 4.14. The number of aryl methyl sites for hydroxylation is 1. The number of rotatable bonds is 9. The number of nitrogens with zero attached hydrogens (tertiary/aromatic N) is 2. The number of fused-ring (bicyclic) bond motifs is 1. The molecule has 1 aromatic heterocycles. The summed E-state index contributed by atoms with van der Waals surface area (Å²) in [7, 11) is 2.13. The van der Waals surface area contributed by atoms with Crippen LogP contribution in [0.5, 0.6) is 5.88 Å². The SMILES string of the molecule is CCOc1noc2c1[C@H](N(C)CCCC(c1ccc(F)cc1)c1ccc(F)cc1)CCC2. The Bertz CT molecular complexity index is 956. The molecular formula is C26H30F2N2O2. The van der Waals surface area contributed by atoms with Gasteiger partial charge in [-0.25, -0.2) is 8.78 Å². The van der Waals surface area contributed by atoms with E-state index in [1.807, 2.05) is 31.2 Å². The fourth-order valence-corrected chi connectivity index (χ4v) is 4.72. The highest BCUT2D eigenvalue weighted by atomic mass is 19.1. The molecule has 1 atom stereocenters. The molecule has 32 heavy (non-hydrogen) atoms. The van der Waals surface area contributed by atoms with Gasteiger partial charge in [0.25, 0.3) is 5.88 Å². The van der Waals surface area contributed by atoms with E-state index in [1.54, 1.807) is 0 Å². The first-order valence-electron chi connectivity index (χ1n) is 11.4. The zero-order chi connectivity index (χ0) is 22.5. The zero-order valence-electron chi connectivity index (χ0n) is 18.7. The highest BCUT2D eigenvalue weighted by Gasteiger charge is 2.31. The van der Waals surface area contributed by atoms with Crippen molar-refractivity contribution in [1.82, 2.24) is 10.1 Å².